The van der Waals surface area contributed by atoms with Crippen molar-refractivity contribution in [2.45, 2.75) is 33.1 Å². The maximum atomic E-state index is 11.1. The lowest BCUT2D eigenvalue weighted by atomic mass is 10.1. The van der Waals surface area contributed by atoms with Crippen molar-refractivity contribution in [3.8, 4) is 0 Å². The molecule has 6 heteroatoms. The van der Waals surface area contributed by atoms with E-state index in [-0.39, 0.29) is 5.91 Å². The van der Waals surface area contributed by atoms with Gasteiger partial charge in [0, 0.05) is 43.1 Å². The molecule has 0 aliphatic carbocycles. The number of amides is 1. The minimum absolute atomic E-state index is 0.0756. The smallest absolute Gasteiger partial charge is 0.227 e. The fourth-order valence-electron chi connectivity index (χ4n) is 2.84. The third-order valence-corrected chi connectivity index (χ3v) is 3.96. The van der Waals surface area contributed by atoms with Gasteiger partial charge in [0.25, 0.3) is 0 Å². The van der Waals surface area contributed by atoms with Crippen molar-refractivity contribution in [1.82, 2.24) is 9.97 Å². The lowest BCUT2D eigenvalue weighted by molar-refractivity contribution is -0.114. The molecule has 0 radical (unpaired) electrons. The highest BCUT2D eigenvalue weighted by molar-refractivity contribution is 5.88. The SMILES string of the molecule is CC(=O)Nc1ccc(Nc2cc(C)nc(N3CCCCC3)n2)cc1. The Balaban J connectivity index is 1.74. The number of aryl methyl sites for hydroxylation is 1. The largest absolute Gasteiger partial charge is 0.341 e. The van der Waals surface area contributed by atoms with E-state index >= 15 is 0 Å². The summed E-state index contributed by atoms with van der Waals surface area (Å²) in [5.74, 6) is 1.51. The van der Waals surface area contributed by atoms with Crippen LogP contribution in [0.1, 0.15) is 31.9 Å². The van der Waals surface area contributed by atoms with Crippen LogP contribution in [0.3, 0.4) is 0 Å². The zero-order chi connectivity index (χ0) is 16.9. The first-order valence-corrected chi connectivity index (χ1v) is 8.35. The van der Waals surface area contributed by atoms with Gasteiger partial charge in [-0.1, -0.05) is 0 Å². The summed E-state index contributed by atoms with van der Waals surface area (Å²) < 4.78 is 0. The second kappa shape index (κ2) is 7.29. The average Bonchev–Trinajstić information content (AvgIpc) is 2.56. The zero-order valence-corrected chi connectivity index (χ0v) is 14.2. The van der Waals surface area contributed by atoms with Gasteiger partial charge in [-0.2, -0.15) is 4.98 Å². The molecule has 0 unspecified atom stereocenters. The molecule has 1 aliphatic rings. The van der Waals surface area contributed by atoms with Gasteiger partial charge in [0.15, 0.2) is 0 Å². The maximum absolute atomic E-state index is 11.1. The zero-order valence-electron chi connectivity index (χ0n) is 14.2. The molecule has 1 aromatic carbocycles. The van der Waals surface area contributed by atoms with E-state index in [4.69, 9.17) is 0 Å². The molecule has 0 spiro atoms. The maximum Gasteiger partial charge on any atom is 0.227 e. The Bertz CT molecular complexity index is 708. The van der Waals surface area contributed by atoms with E-state index in [0.29, 0.717) is 0 Å². The molecule has 0 bridgehead atoms. The summed E-state index contributed by atoms with van der Waals surface area (Å²) in [6, 6.07) is 9.51. The number of benzene rings is 1. The molecule has 1 fully saturated rings. The first-order valence-electron chi connectivity index (χ1n) is 8.35. The third-order valence-electron chi connectivity index (χ3n) is 3.96. The van der Waals surface area contributed by atoms with E-state index in [0.717, 1.165) is 41.9 Å². The van der Waals surface area contributed by atoms with Crippen molar-refractivity contribution in [3.05, 3.63) is 36.0 Å². The van der Waals surface area contributed by atoms with Gasteiger partial charge in [0.2, 0.25) is 11.9 Å². The van der Waals surface area contributed by atoms with E-state index in [2.05, 4.69) is 25.5 Å². The van der Waals surface area contributed by atoms with Crippen molar-refractivity contribution in [3.63, 3.8) is 0 Å². The normalized spacial score (nSPS) is 14.3. The highest BCUT2D eigenvalue weighted by Crippen LogP contribution is 2.22. The fraction of sp³-hybridized carbons (Fsp3) is 0.389. The number of piperidine rings is 1. The molecule has 0 saturated carbocycles. The van der Waals surface area contributed by atoms with E-state index < -0.39 is 0 Å². The highest BCUT2D eigenvalue weighted by atomic mass is 16.1. The number of carbonyl (C=O) groups is 1. The standard InChI is InChI=1S/C18H23N5O/c1-13-12-17(22-18(19-13)23-10-4-3-5-11-23)21-16-8-6-15(7-9-16)20-14(2)24/h6-9,12H,3-5,10-11H2,1-2H3,(H,20,24)(H,19,21,22). The monoisotopic (exact) mass is 325 g/mol. The summed E-state index contributed by atoms with van der Waals surface area (Å²) in [6.07, 6.45) is 3.68. The third kappa shape index (κ3) is 4.22. The summed E-state index contributed by atoms with van der Waals surface area (Å²) in [7, 11) is 0. The number of carbonyl (C=O) groups excluding carboxylic acids is 1. The number of nitrogens with one attached hydrogen (secondary N) is 2. The van der Waals surface area contributed by atoms with E-state index in [1.807, 2.05) is 37.3 Å². The lowest BCUT2D eigenvalue weighted by Crippen LogP contribution is -2.31. The quantitative estimate of drug-likeness (QED) is 0.900. The van der Waals surface area contributed by atoms with Gasteiger partial charge in [0.05, 0.1) is 0 Å². The minimum atomic E-state index is -0.0756. The van der Waals surface area contributed by atoms with Crippen molar-refractivity contribution >= 4 is 29.0 Å². The Morgan fingerprint density at radius 1 is 1.04 bits per heavy atom. The van der Waals surface area contributed by atoms with Crippen LogP contribution >= 0.6 is 0 Å². The molecule has 6 nitrogen and oxygen atoms in total. The van der Waals surface area contributed by atoms with E-state index in [1.165, 1.54) is 26.2 Å². The minimum Gasteiger partial charge on any atom is -0.341 e. The molecular formula is C18H23N5O. The molecule has 0 atom stereocenters. The first kappa shape index (κ1) is 16.2. The van der Waals surface area contributed by atoms with Gasteiger partial charge in [-0.3, -0.25) is 4.79 Å². The van der Waals surface area contributed by atoms with Gasteiger partial charge in [-0.25, -0.2) is 4.98 Å². The Labute approximate surface area is 142 Å². The predicted molar refractivity (Wildman–Crippen MR) is 96.9 cm³/mol. The molecule has 1 amide bonds. The van der Waals surface area contributed by atoms with Crippen LogP contribution in [-0.2, 0) is 4.79 Å². The Morgan fingerprint density at radius 2 is 1.71 bits per heavy atom. The van der Waals surface area contributed by atoms with Gasteiger partial charge < -0.3 is 15.5 Å². The molecule has 24 heavy (non-hydrogen) atoms. The number of hydrogen-bond acceptors (Lipinski definition) is 5. The molecule has 2 heterocycles. The van der Waals surface area contributed by atoms with Gasteiger partial charge in [0.1, 0.15) is 5.82 Å². The first-order chi connectivity index (χ1) is 11.6. The summed E-state index contributed by atoms with van der Waals surface area (Å²) in [6.45, 7) is 5.53. The van der Waals surface area contributed by atoms with Crippen molar-refractivity contribution in [1.29, 1.82) is 0 Å². The number of anilines is 4. The van der Waals surface area contributed by atoms with Crippen LogP contribution in [-0.4, -0.2) is 29.0 Å². The van der Waals surface area contributed by atoms with Crippen LogP contribution in [0.4, 0.5) is 23.1 Å². The topological polar surface area (TPSA) is 70.2 Å². The molecule has 2 aromatic rings. The molecule has 1 aliphatic heterocycles. The Kier molecular flexibility index (Phi) is 4.93. The lowest BCUT2D eigenvalue weighted by Gasteiger charge is -2.27. The van der Waals surface area contributed by atoms with Gasteiger partial charge >= 0.3 is 0 Å². The van der Waals surface area contributed by atoms with Gasteiger partial charge in [-0.05, 0) is 50.5 Å². The number of nitrogens with zero attached hydrogens (tertiary/aromatic N) is 3. The summed E-state index contributed by atoms with van der Waals surface area (Å²) >= 11 is 0. The predicted octanol–water partition coefficient (Wildman–Crippen LogP) is 3.48. The number of aromatic nitrogens is 2. The van der Waals surface area contributed by atoms with Crippen LogP contribution in [0.15, 0.2) is 30.3 Å². The highest BCUT2D eigenvalue weighted by Gasteiger charge is 2.14. The molecule has 2 N–H and O–H groups in total. The fourth-order valence-corrected chi connectivity index (χ4v) is 2.84. The molecule has 3 rings (SSSR count). The van der Waals surface area contributed by atoms with E-state index in [9.17, 15) is 4.79 Å². The van der Waals surface area contributed by atoms with Crippen molar-refractivity contribution < 1.29 is 4.79 Å². The average molecular weight is 325 g/mol. The Morgan fingerprint density at radius 3 is 2.38 bits per heavy atom. The second-order valence-corrected chi connectivity index (χ2v) is 6.13. The van der Waals surface area contributed by atoms with Crippen molar-refractivity contribution in [2.75, 3.05) is 28.6 Å². The summed E-state index contributed by atoms with van der Waals surface area (Å²) in [5.41, 5.74) is 2.65. The van der Waals surface area contributed by atoms with Crippen LogP contribution in [0.5, 0.6) is 0 Å². The van der Waals surface area contributed by atoms with Crippen LogP contribution in [0.25, 0.3) is 0 Å². The van der Waals surface area contributed by atoms with Crippen LogP contribution in [0, 0.1) is 6.92 Å². The number of rotatable bonds is 4. The summed E-state index contributed by atoms with van der Waals surface area (Å²) in [5, 5.41) is 6.07. The van der Waals surface area contributed by atoms with Crippen LogP contribution in [0.2, 0.25) is 0 Å². The molecule has 1 saturated heterocycles. The molecule has 1 aromatic heterocycles. The Hall–Kier alpha value is -2.63. The number of hydrogen-bond donors (Lipinski definition) is 2. The second-order valence-electron chi connectivity index (χ2n) is 6.13. The van der Waals surface area contributed by atoms with E-state index in [1.54, 1.807) is 0 Å². The molecule has 126 valence electrons. The summed E-state index contributed by atoms with van der Waals surface area (Å²) in [4.78, 5) is 22.5. The van der Waals surface area contributed by atoms with Gasteiger partial charge in [-0.15, -0.1) is 0 Å². The van der Waals surface area contributed by atoms with Crippen molar-refractivity contribution in [2.24, 2.45) is 0 Å². The van der Waals surface area contributed by atoms with Crippen LogP contribution < -0.4 is 15.5 Å². The molecular weight excluding hydrogens is 302 g/mol.